The number of aliphatic hydroxyl groups is 1. The molecule has 0 aromatic rings. The summed E-state index contributed by atoms with van der Waals surface area (Å²) in [6, 6.07) is 0. The van der Waals surface area contributed by atoms with Crippen molar-refractivity contribution in [1.29, 1.82) is 0 Å². The number of carbonyl (C=O) groups is 1. The molecular formula is C13H16O3. The summed E-state index contributed by atoms with van der Waals surface area (Å²) in [5.41, 5.74) is 0.977. The fourth-order valence-electron chi connectivity index (χ4n) is 1.56. The van der Waals surface area contributed by atoms with Gasteiger partial charge in [-0.1, -0.05) is 24.1 Å². The van der Waals surface area contributed by atoms with Crippen molar-refractivity contribution >= 4 is 5.97 Å². The van der Waals surface area contributed by atoms with Crippen LogP contribution in [0.5, 0.6) is 0 Å². The lowest BCUT2D eigenvalue weighted by Gasteiger charge is -2.16. The molecule has 0 fully saturated rings. The van der Waals surface area contributed by atoms with Crippen LogP contribution in [0.4, 0.5) is 0 Å². The van der Waals surface area contributed by atoms with Gasteiger partial charge in [0.15, 0.2) is 0 Å². The van der Waals surface area contributed by atoms with E-state index in [0.717, 1.165) is 5.57 Å². The van der Waals surface area contributed by atoms with Gasteiger partial charge in [-0.2, -0.15) is 0 Å². The number of carbonyl (C=O) groups excluding carboxylic acids is 1. The second-order valence-corrected chi connectivity index (χ2v) is 3.59. The molecule has 0 bridgehead atoms. The third-order valence-electron chi connectivity index (χ3n) is 2.43. The normalized spacial score (nSPS) is 20.4. The van der Waals surface area contributed by atoms with Crippen molar-refractivity contribution in [2.45, 2.75) is 25.9 Å². The van der Waals surface area contributed by atoms with Gasteiger partial charge in [-0.05, 0) is 18.9 Å². The predicted octanol–water partition coefficient (Wildman–Crippen LogP) is 1.44. The molecule has 2 atom stereocenters. The van der Waals surface area contributed by atoms with E-state index >= 15 is 0 Å². The van der Waals surface area contributed by atoms with Crippen LogP contribution in [0.3, 0.4) is 0 Å². The summed E-state index contributed by atoms with van der Waals surface area (Å²) in [5, 5.41) is 9.31. The average Bonchev–Trinajstić information content (AvgIpc) is 2.29. The van der Waals surface area contributed by atoms with Crippen LogP contribution >= 0.6 is 0 Å². The lowest BCUT2D eigenvalue weighted by atomic mass is 9.91. The number of aliphatic hydroxyl groups excluding tert-OH is 1. The number of hydrogen-bond acceptors (Lipinski definition) is 3. The summed E-state index contributed by atoms with van der Waals surface area (Å²) >= 11 is 0. The Labute approximate surface area is 95.8 Å². The molecule has 3 heteroatoms. The topological polar surface area (TPSA) is 46.5 Å². The molecule has 16 heavy (non-hydrogen) atoms. The van der Waals surface area contributed by atoms with Crippen molar-refractivity contribution in [1.82, 2.24) is 0 Å². The van der Waals surface area contributed by atoms with Crippen molar-refractivity contribution in [3.63, 3.8) is 0 Å². The monoisotopic (exact) mass is 220 g/mol. The summed E-state index contributed by atoms with van der Waals surface area (Å²) in [7, 11) is 1.37. The predicted molar refractivity (Wildman–Crippen MR) is 61.4 cm³/mol. The smallest absolute Gasteiger partial charge is 0.307 e. The zero-order chi connectivity index (χ0) is 12.0. The van der Waals surface area contributed by atoms with Crippen molar-refractivity contribution in [2.24, 2.45) is 5.92 Å². The molecule has 0 heterocycles. The SMILES string of the molecule is CC#CC(CC(=O)OC)C1=CCC(O)C=C1. The van der Waals surface area contributed by atoms with Gasteiger partial charge in [0.05, 0.1) is 25.6 Å². The van der Waals surface area contributed by atoms with Crippen molar-refractivity contribution < 1.29 is 14.6 Å². The summed E-state index contributed by atoms with van der Waals surface area (Å²) < 4.78 is 4.63. The fraction of sp³-hybridized carbons (Fsp3) is 0.462. The molecule has 1 rings (SSSR count). The second-order valence-electron chi connectivity index (χ2n) is 3.59. The van der Waals surface area contributed by atoms with Crippen LogP contribution in [-0.2, 0) is 9.53 Å². The fourth-order valence-corrected chi connectivity index (χ4v) is 1.56. The van der Waals surface area contributed by atoms with E-state index in [1.54, 1.807) is 13.0 Å². The lowest BCUT2D eigenvalue weighted by Crippen LogP contribution is -2.13. The molecule has 0 aromatic heterocycles. The largest absolute Gasteiger partial charge is 0.469 e. The quantitative estimate of drug-likeness (QED) is 0.578. The van der Waals surface area contributed by atoms with E-state index in [1.807, 2.05) is 12.2 Å². The maximum Gasteiger partial charge on any atom is 0.307 e. The van der Waals surface area contributed by atoms with Gasteiger partial charge >= 0.3 is 5.97 Å². The molecule has 1 N–H and O–H groups in total. The van der Waals surface area contributed by atoms with E-state index in [0.29, 0.717) is 6.42 Å². The molecule has 0 spiro atoms. The Bertz CT molecular complexity index is 368. The van der Waals surface area contributed by atoms with Gasteiger partial charge in [-0.3, -0.25) is 4.79 Å². The van der Waals surface area contributed by atoms with E-state index in [4.69, 9.17) is 0 Å². The summed E-state index contributed by atoms with van der Waals surface area (Å²) in [6.45, 7) is 1.74. The zero-order valence-electron chi connectivity index (χ0n) is 9.56. The Morgan fingerprint density at radius 3 is 3.00 bits per heavy atom. The van der Waals surface area contributed by atoms with E-state index < -0.39 is 6.10 Å². The third-order valence-corrected chi connectivity index (χ3v) is 2.43. The minimum Gasteiger partial charge on any atom is -0.469 e. The standard InChI is InChI=1S/C13H16O3/c1-3-4-11(9-13(15)16-2)10-5-7-12(14)8-6-10/h5-7,11-12,14H,8-9H2,1-2H3. The Balaban J connectivity index is 2.74. The van der Waals surface area contributed by atoms with Crippen LogP contribution in [0, 0.1) is 17.8 Å². The maximum absolute atomic E-state index is 11.2. The Kier molecular flexibility index (Phi) is 4.81. The van der Waals surface area contributed by atoms with Crippen molar-refractivity contribution in [2.75, 3.05) is 7.11 Å². The van der Waals surface area contributed by atoms with Crippen LogP contribution in [0.2, 0.25) is 0 Å². The Morgan fingerprint density at radius 1 is 1.75 bits per heavy atom. The molecule has 0 saturated carbocycles. The summed E-state index contributed by atoms with van der Waals surface area (Å²) in [6.07, 6.45) is 5.88. The van der Waals surface area contributed by atoms with Crippen LogP contribution in [0.25, 0.3) is 0 Å². The molecule has 0 radical (unpaired) electrons. The number of hydrogen-bond donors (Lipinski definition) is 1. The number of esters is 1. The second kappa shape index (κ2) is 6.14. The molecule has 1 aliphatic carbocycles. The lowest BCUT2D eigenvalue weighted by molar-refractivity contribution is -0.141. The number of allylic oxidation sites excluding steroid dienone is 2. The van der Waals surface area contributed by atoms with E-state index in [9.17, 15) is 9.90 Å². The highest BCUT2D eigenvalue weighted by molar-refractivity contribution is 5.70. The molecular weight excluding hydrogens is 204 g/mol. The first kappa shape index (κ1) is 12.5. The molecule has 0 aromatic carbocycles. The van der Waals surface area contributed by atoms with Gasteiger partial charge in [-0.25, -0.2) is 0 Å². The minimum absolute atomic E-state index is 0.138. The maximum atomic E-state index is 11.2. The van der Waals surface area contributed by atoms with Gasteiger partial charge in [0.25, 0.3) is 0 Å². The van der Waals surface area contributed by atoms with E-state index in [-0.39, 0.29) is 18.3 Å². The van der Waals surface area contributed by atoms with Crippen LogP contribution in [0.15, 0.2) is 23.8 Å². The first-order chi connectivity index (χ1) is 7.67. The number of ether oxygens (including phenoxy) is 1. The van der Waals surface area contributed by atoms with Crippen molar-refractivity contribution in [3.05, 3.63) is 23.8 Å². The molecule has 0 amide bonds. The molecule has 2 unspecified atom stereocenters. The molecule has 3 nitrogen and oxygen atoms in total. The van der Waals surface area contributed by atoms with Crippen LogP contribution < -0.4 is 0 Å². The zero-order valence-corrected chi connectivity index (χ0v) is 9.56. The Hall–Kier alpha value is -1.53. The summed E-state index contributed by atoms with van der Waals surface area (Å²) in [4.78, 5) is 11.2. The van der Waals surface area contributed by atoms with Gasteiger partial charge < -0.3 is 9.84 Å². The average molecular weight is 220 g/mol. The number of methoxy groups -OCH3 is 1. The van der Waals surface area contributed by atoms with Gasteiger partial charge in [0.2, 0.25) is 0 Å². The number of rotatable bonds is 3. The van der Waals surface area contributed by atoms with E-state index in [1.165, 1.54) is 7.11 Å². The van der Waals surface area contributed by atoms with Gasteiger partial charge in [-0.15, -0.1) is 5.92 Å². The molecule has 1 aliphatic rings. The van der Waals surface area contributed by atoms with Crippen molar-refractivity contribution in [3.8, 4) is 11.8 Å². The Morgan fingerprint density at radius 2 is 2.50 bits per heavy atom. The van der Waals surface area contributed by atoms with Crippen LogP contribution in [-0.4, -0.2) is 24.3 Å². The van der Waals surface area contributed by atoms with E-state index in [2.05, 4.69) is 16.6 Å². The van der Waals surface area contributed by atoms with Gasteiger partial charge in [0, 0.05) is 0 Å². The third kappa shape index (κ3) is 3.56. The first-order valence-electron chi connectivity index (χ1n) is 5.22. The minimum atomic E-state index is -0.419. The van der Waals surface area contributed by atoms with Crippen LogP contribution in [0.1, 0.15) is 19.8 Å². The molecule has 0 saturated heterocycles. The van der Waals surface area contributed by atoms with Gasteiger partial charge in [0.1, 0.15) is 0 Å². The summed E-state index contributed by atoms with van der Waals surface area (Å²) in [5.74, 6) is 5.38. The first-order valence-corrected chi connectivity index (χ1v) is 5.22. The molecule has 86 valence electrons. The highest BCUT2D eigenvalue weighted by Crippen LogP contribution is 2.21. The highest BCUT2D eigenvalue weighted by atomic mass is 16.5. The molecule has 0 aliphatic heterocycles. The highest BCUT2D eigenvalue weighted by Gasteiger charge is 2.17.